The Morgan fingerprint density at radius 1 is 0.481 bits per heavy atom. The SMILES string of the molecule is c1ccc(C2=NC(c3cccc4oc5cc(-c6cccc7c6sc6ccccc67)ccc5c34)N=C(c3cc4ccccc4c4ccccc34)N2)cc1. The summed E-state index contributed by atoms with van der Waals surface area (Å²) < 4.78 is 9.23. The number of benzene rings is 8. The highest BCUT2D eigenvalue weighted by Gasteiger charge is 2.25. The summed E-state index contributed by atoms with van der Waals surface area (Å²) in [5.74, 6) is 1.58. The molecule has 0 spiro atoms. The molecule has 0 bridgehead atoms. The first-order valence-corrected chi connectivity index (χ1v) is 18.3. The molecule has 52 heavy (non-hydrogen) atoms. The highest BCUT2D eigenvalue weighted by Crippen LogP contribution is 2.43. The van der Waals surface area contributed by atoms with Gasteiger partial charge in [-0.2, -0.15) is 0 Å². The van der Waals surface area contributed by atoms with E-state index in [1.165, 1.54) is 41.9 Å². The monoisotopic (exact) mass is 683 g/mol. The second-order valence-corrected chi connectivity index (χ2v) is 14.4. The van der Waals surface area contributed by atoms with Crippen molar-refractivity contribution in [1.29, 1.82) is 0 Å². The molecular formula is C47H29N3OS. The Kier molecular flexibility index (Phi) is 6.45. The number of nitrogens with one attached hydrogen (secondary N) is 1. The molecule has 1 unspecified atom stereocenters. The van der Waals surface area contributed by atoms with Crippen LogP contribution in [0.2, 0.25) is 0 Å². The van der Waals surface area contributed by atoms with Gasteiger partial charge in [0.05, 0.1) is 0 Å². The van der Waals surface area contributed by atoms with E-state index in [2.05, 4.69) is 151 Å². The number of aliphatic imine (C=N–C) groups is 2. The van der Waals surface area contributed by atoms with Crippen molar-refractivity contribution >= 4 is 86.7 Å². The number of rotatable bonds is 4. The van der Waals surface area contributed by atoms with Crippen molar-refractivity contribution in [1.82, 2.24) is 5.32 Å². The number of hydrogen-bond donors (Lipinski definition) is 1. The molecule has 1 aliphatic rings. The zero-order chi connectivity index (χ0) is 34.2. The van der Waals surface area contributed by atoms with Gasteiger partial charge in [-0.25, -0.2) is 9.98 Å². The van der Waals surface area contributed by atoms with Gasteiger partial charge in [-0.15, -0.1) is 11.3 Å². The fraction of sp³-hybridized carbons (Fsp3) is 0.0213. The van der Waals surface area contributed by atoms with Crippen molar-refractivity contribution in [2.45, 2.75) is 6.17 Å². The maximum atomic E-state index is 6.64. The zero-order valence-electron chi connectivity index (χ0n) is 27.9. The molecule has 0 amide bonds. The lowest BCUT2D eigenvalue weighted by atomic mass is 9.96. The number of nitrogens with zero attached hydrogens (tertiary/aromatic N) is 2. The minimum atomic E-state index is -0.492. The first-order valence-electron chi connectivity index (χ1n) is 17.5. The normalized spacial score (nSPS) is 14.7. The van der Waals surface area contributed by atoms with Gasteiger partial charge < -0.3 is 9.73 Å². The molecule has 10 aromatic rings. The molecule has 3 heterocycles. The van der Waals surface area contributed by atoms with Gasteiger partial charge in [-0.1, -0.05) is 133 Å². The molecule has 0 fully saturated rings. The van der Waals surface area contributed by atoms with Gasteiger partial charge in [0.2, 0.25) is 0 Å². The van der Waals surface area contributed by atoms with Crippen LogP contribution in [0.5, 0.6) is 0 Å². The number of thiophene rings is 1. The number of fused-ring (bicyclic) bond motifs is 9. The van der Waals surface area contributed by atoms with Crippen LogP contribution < -0.4 is 5.32 Å². The fourth-order valence-electron chi connectivity index (χ4n) is 7.93. The van der Waals surface area contributed by atoms with Crippen LogP contribution in [0.4, 0.5) is 0 Å². The molecule has 5 heteroatoms. The standard InChI is InChI=1S/C47H29N3OS/c1-2-12-28(13-3-1)45-48-46(50-47(49-45)39-26-29-14-4-5-15-31(29)33-16-6-7-17-34(33)39)38-21-11-22-40-43(38)37-25-24-30(27-41(37)51-40)32-19-10-20-36-35-18-8-9-23-42(35)52-44(32)36/h1-27,46H,(H,48,49,50). The Labute approximate surface area is 303 Å². The van der Waals surface area contributed by atoms with Crippen molar-refractivity contribution in [2.75, 3.05) is 0 Å². The highest BCUT2D eigenvalue weighted by molar-refractivity contribution is 7.26. The van der Waals surface area contributed by atoms with E-state index >= 15 is 0 Å². The Morgan fingerprint density at radius 3 is 2.12 bits per heavy atom. The number of hydrogen-bond acceptors (Lipinski definition) is 5. The van der Waals surface area contributed by atoms with E-state index in [0.717, 1.165) is 61.2 Å². The summed E-state index contributed by atoms with van der Waals surface area (Å²) in [6.45, 7) is 0. The van der Waals surface area contributed by atoms with Crippen LogP contribution in [0.15, 0.2) is 178 Å². The fourth-order valence-corrected chi connectivity index (χ4v) is 9.17. The average Bonchev–Trinajstić information content (AvgIpc) is 3.79. The maximum absolute atomic E-state index is 6.64. The third kappa shape index (κ3) is 4.53. The predicted molar refractivity (Wildman–Crippen MR) is 219 cm³/mol. The largest absolute Gasteiger partial charge is 0.456 e. The second-order valence-electron chi connectivity index (χ2n) is 13.3. The molecule has 0 radical (unpaired) electrons. The van der Waals surface area contributed by atoms with Gasteiger partial charge in [-0.3, -0.25) is 0 Å². The van der Waals surface area contributed by atoms with Crippen LogP contribution in [-0.2, 0) is 0 Å². The average molecular weight is 684 g/mol. The third-order valence-corrected chi connectivity index (χ3v) is 11.6. The smallest absolute Gasteiger partial charge is 0.170 e. The molecule has 4 nitrogen and oxygen atoms in total. The quantitative estimate of drug-likeness (QED) is 0.188. The molecular weight excluding hydrogens is 655 g/mol. The Hall–Kier alpha value is -6.56. The lowest BCUT2D eigenvalue weighted by Gasteiger charge is -2.24. The van der Waals surface area contributed by atoms with E-state index in [4.69, 9.17) is 14.4 Å². The van der Waals surface area contributed by atoms with E-state index in [1.54, 1.807) is 0 Å². The summed E-state index contributed by atoms with van der Waals surface area (Å²) in [6, 6.07) is 57.8. The molecule has 11 rings (SSSR count). The predicted octanol–water partition coefficient (Wildman–Crippen LogP) is 12.4. The molecule has 0 saturated carbocycles. The molecule has 1 atom stereocenters. The minimum absolute atomic E-state index is 0.492. The summed E-state index contributed by atoms with van der Waals surface area (Å²) in [5.41, 5.74) is 7.10. The van der Waals surface area contributed by atoms with E-state index in [0.29, 0.717) is 0 Å². The molecule has 8 aromatic carbocycles. The van der Waals surface area contributed by atoms with E-state index in [9.17, 15) is 0 Å². The summed E-state index contributed by atoms with van der Waals surface area (Å²) >= 11 is 1.85. The van der Waals surface area contributed by atoms with Gasteiger partial charge >= 0.3 is 0 Å². The van der Waals surface area contributed by atoms with Crippen LogP contribution in [0.1, 0.15) is 22.9 Å². The first kappa shape index (κ1) is 29.2. The van der Waals surface area contributed by atoms with Gasteiger partial charge in [0.1, 0.15) is 22.8 Å². The highest BCUT2D eigenvalue weighted by atomic mass is 32.1. The van der Waals surface area contributed by atoms with Crippen LogP contribution in [0, 0.1) is 0 Å². The van der Waals surface area contributed by atoms with Gasteiger partial charge in [0, 0.05) is 47.6 Å². The van der Waals surface area contributed by atoms with E-state index < -0.39 is 6.17 Å². The van der Waals surface area contributed by atoms with Crippen LogP contribution in [0.25, 0.3) is 74.8 Å². The first-order chi connectivity index (χ1) is 25.8. The lowest BCUT2D eigenvalue weighted by molar-refractivity contribution is 0.668. The van der Waals surface area contributed by atoms with Gasteiger partial charge in [0.15, 0.2) is 6.17 Å². The Balaban J connectivity index is 1.10. The summed E-state index contributed by atoms with van der Waals surface area (Å²) in [4.78, 5) is 10.7. The molecule has 1 N–H and O–H groups in total. The number of furan rings is 1. The summed E-state index contributed by atoms with van der Waals surface area (Å²) in [5, 5.41) is 13.1. The van der Waals surface area contributed by atoms with Crippen molar-refractivity contribution in [2.24, 2.45) is 9.98 Å². The Morgan fingerprint density at radius 2 is 1.21 bits per heavy atom. The number of amidine groups is 2. The van der Waals surface area contributed by atoms with E-state index in [1.807, 2.05) is 29.5 Å². The zero-order valence-corrected chi connectivity index (χ0v) is 28.7. The summed E-state index contributed by atoms with van der Waals surface area (Å²) in [7, 11) is 0. The van der Waals surface area contributed by atoms with Crippen LogP contribution in [0.3, 0.4) is 0 Å². The third-order valence-electron chi connectivity index (χ3n) is 10.3. The van der Waals surface area contributed by atoms with Crippen molar-refractivity contribution < 1.29 is 4.42 Å². The maximum Gasteiger partial charge on any atom is 0.170 e. The summed E-state index contributed by atoms with van der Waals surface area (Å²) in [6.07, 6.45) is -0.492. The molecule has 244 valence electrons. The van der Waals surface area contributed by atoms with Gasteiger partial charge in [0.25, 0.3) is 0 Å². The lowest BCUT2D eigenvalue weighted by Crippen LogP contribution is -2.36. The van der Waals surface area contributed by atoms with Crippen LogP contribution in [-0.4, -0.2) is 11.7 Å². The van der Waals surface area contributed by atoms with Crippen LogP contribution >= 0.6 is 11.3 Å². The molecule has 1 aliphatic heterocycles. The van der Waals surface area contributed by atoms with Crippen molar-refractivity contribution in [3.63, 3.8) is 0 Å². The van der Waals surface area contributed by atoms with Crippen molar-refractivity contribution in [3.05, 3.63) is 180 Å². The topological polar surface area (TPSA) is 49.9 Å². The van der Waals surface area contributed by atoms with Crippen molar-refractivity contribution in [3.8, 4) is 11.1 Å². The molecule has 0 saturated heterocycles. The second kappa shape index (κ2) is 11.5. The molecule has 0 aliphatic carbocycles. The Bertz CT molecular complexity index is 3120. The van der Waals surface area contributed by atoms with Gasteiger partial charge in [-0.05, 0) is 63.0 Å². The molecule has 2 aromatic heterocycles. The minimum Gasteiger partial charge on any atom is -0.456 e. The van der Waals surface area contributed by atoms with E-state index in [-0.39, 0.29) is 0 Å².